The number of rotatable bonds is 4. The molecule has 2 atom stereocenters. The molecule has 6 rings (SSSR count). The van der Waals surface area contributed by atoms with Gasteiger partial charge in [0, 0.05) is 44.5 Å². The number of phenolic OH excluding ortho intramolecular Hbond substituents is 1. The first-order valence-corrected chi connectivity index (χ1v) is 15.6. The lowest BCUT2D eigenvalue weighted by Gasteiger charge is -2.48. The number of hydrogen-bond acceptors (Lipinski definition) is 7. The fraction of sp³-hybridized carbons (Fsp3) is 0.353. The number of aromatic hydroxyl groups is 1. The highest BCUT2D eigenvalue weighted by Gasteiger charge is 2.40. The molecular formula is C34H35ClF2N6O3. The van der Waals surface area contributed by atoms with Gasteiger partial charge in [-0.15, -0.1) is 0 Å². The van der Waals surface area contributed by atoms with Gasteiger partial charge in [0.1, 0.15) is 22.9 Å². The second-order valence-electron chi connectivity index (χ2n) is 12.3. The van der Waals surface area contributed by atoms with Crippen LogP contribution in [-0.4, -0.2) is 69.2 Å². The number of fused-ring (bicyclic) bond motifs is 2. The lowest BCUT2D eigenvalue weighted by atomic mass is 9.95. The summed E-state index contributed by atoms with van der Waals surface area (Å²) < 4.78 is 34.2. The van der Waals surface area contributed by atoms with Gasteiger partial charge in [-0.25, -0.2) is 13.6 Å². The molecule has 0 aliphatic carbocycles. The molecule has 2 aromatic heterocycles. The molecule has 46 heavy (non-hydrogen) atoms. The van der Waals surface area contributed by atoms with E-state index >= 15 is 8.78 Å². The minimum absolute atomic E-state index is 0.125. The van der Waals surface area contributed by atoms with E-state index in [1.54, 1.807) is 31.1 Å². The summed E-state index contributed by atoms with van der Waals surface area (Å²) in [5.74, 6) is -2.49. The Morgan fingerprint density at radius 2 is 1.91 bits per heavy atom. The number of aryl methyl sites for hydroxylation is 1. The van der Waals surface area contributed by atoms with Crippen molar-refractivity contribution in [2.24, 2.45) is 0 Å². The van der Waals surface area contributed by atoms with Crippen LogP contribution in [0.3, 0.4) is 0 Å². The summed E-state index contributed by atoms with van der Waals surface area (Å²) in [7, 11) is 1.78. The zero-order chi connectivity index (χ0) is 33.2. The van der Waals surface area contributed by atoms with E-state index in [4.69, 9.17) is 11.6 Å². The molecular weight excluding hydrogens is 614 g/mol. The molecule has 1 saturated heterocycles. The van der Waals surface area contributed by atoms with Gasteiger partial charge in [0.2, 0.25) is 5.91 Å². The molecule has 0 saturated carbocycles. The monoisotopic (exact) mass is 648 g/mol. The summed E-state index contributed by atoms with van der Waals surface area (Å²) in [5.41, 5.74) is 0.229. The van der Waals surface area contributed by atoms with Crippen molar-refractivity contribution >= 4 is 39.9 Å². The van der Waals surface area contributed by atoms with Gasteiger partial charge >= 0.3 is 5.69 Å². The molecule has 2 aromatic carbocycles. The predicted octanol–water partition coefficient (Wildman–Crippen LogP) is 5.95. The Balaban J connectivity index is 1.82. The summed E-state index contributed by atoms with van der Waals surface area (Å²) in [4.78, 5) is 41.7. The molecule has 0 bridgehead atoms. The number of benzene rings is 2. The Hall–Kier alpha value is -4.51. The van der Waals surface area contributed by atoms with Crippen LogP contribution in [0.25, 0.3) is 27.7 Å². The molecule has 0 radical (unpaired) electrons. The van der Waals surface area contributed by atoms with E-state index in [2.05, 4.69) is 16.5 Å². The van der Waals surface area contributed by atoms with Crippen LogP contribution in [0, 0.1) is 18.6 Å². The predicted molar refractivity (Wildman–Crippen MR) is 176 cm³/mol. The van der Waals surface area contributed by atoms with E-state index in [1.807, 2.05) is 30.6 Å². The van der Waals surface area contributed by atoms with E-state index in [-0.39, 0.29) is 51.2 Å². The number of halogens is 3. The number of piperazine rings is 1. The van der Waals surface area contributed by atoms with Crippen LogP contribution in [-0.2, 0) is 4.79 Å². The van der Waals surface area contributed by atoms with Gasteiger partial charge in [-0.3, -0.25) is 14.3 Å². The minimum Gasteiger partial charge on any atom is -0.507 e. The number of pyridine rings is 1. The SMILES string of the molecule is C=CC(=O)N1CC(C)N2c3nc(=O)n(-c4c(C)ccnc4C(C)C)c4c(F)c(-c5c(O)cccc5F)c(Cl)c(c34)N(C)CCC2C1. The number of hydrogen-bond donors (Lipinski definition) is 1. The second-order valence-corrected chi connectivity index (χ2v) is 12.7. The molecule has 1 amide bonds. The average molecular weight is 649 g/mol. The van der Waals surface area contributed by atoms with Gasteiger partial charge in [-0.1, -0.05) is 38.1 Å². The van der Waals surface area contributed by atoms with Crippen LogP contribution in [0.5, 0.6) is 5.75 Å². The van der Waals surface area contributed by atoms with E-state index in [0.29, 0.717) is 48.7 Å². The van der Waals surface area contributed by atoms with Crippen LogP contribution < -0.4 is 15.5 Å². The molecule has 4 aromatic rings. The van der Waals surface area contributed by atoms with E-state index in [9.17, 15) is 14.7 Å². The van der Waals surface area contributed by atoms with Crippen molar-refractivity contribution in [3.8, 4) is 22.6 Å². The number of nitrogens with zero attached hydrogens (tertiary/aromatic N) is 6. The van der Waals surface area contributed by atoms with Crippen LogP contribution in [0.4, 0.5) is 20.3 Å². The van der Waals surface area contributed by atoms with Gasteiger partial charge < -0.3 is 19.8 Å². The smallest absolute Gasteiger partial charge is 0.354 e. The second kappa shape index (κ2) is 11.7. The normalized spacial score (nSPS) is 18.1. The van der Waals surface area contributed by atoms with Gasteiger partial charge in [0.15, 0.2) is 5.82 Å². The molecule has 1 fully saturated rings. The molecule has 12 heteroatoms. The Kier molecular flexibility index (Phi) is 8.00. The molecule has 9 nitrogen and oxygen atoms in total. The lowest BCUT2D eigenvalue weighted by Crippen LogP contribution is -2.60. The molecule has 2 aliphatic heterocycles. The third-order valence-electron chi connectivity index (χ3n) is 9.03. The quantitative estimate of drug-likeness (QED) is 0.274. The number of anilines is 2. The number of carbonyl (C=O) groups excluding carboxylic acids is 1. The molecule has 240 valence electrons. The lowest BCUT2D eigenvalue weighted by molar-refractivity contribution is -0.127. The fourth-order valence-corrected chi connectivity index (χ4v) is 7.37. The zero-order valence-electron chi connectivity index (χ0n) is 26.3. The van der Waals surface area contributed by atoms with Crippen molar-refractivity contribution in [1.29, 1.82) is 0 Å². The summed E-state index contributed by atoms with van der Waals surface area (Å²) >= 11 is 7.07. The van der Waals surface area contributed by atoms with Crippen LogP contribution >= 0.6 is 11.6 Å². The number of carbonyl (C=O) groups is 1. The largest absolute Gasteiger partial charge is 0.507 e. The van der Waals surface area contributed by atoms with Gasteiger partial charge in [-0.05, 0) is 56.0 Å². The van der Waals surface area contributed by atoms with Crippen LogP contribution in [0.1, 0.15) is 44.4 Å². The summed E-state index contributed by atoms with van der Waals surface area (Å²) in [5, 5.41) is 11.0. The average Bonchev–Trinajstić information content (AvgIpc) is 3.00. The Morgan fingerprint density at radius 1 is 1.17 bits per heavy atom. The van der Waals surface area contributed by atoms with Crippen LogP contribution in [0.15, 0.2) is 47.9 Å². The Bertz CT molecular complexity index is 1960. The highest BCUT2D eigenvalue weighted by atomic mass is 35.5. The maximum absolute atomic E-state index is 17.5. The maximum atomic E-state index is 17.5. The number of amides is 1. The third kappa shape index (κ3) is 4.79. The summed E-state index contributed by atoms with van der Waals surface area (Å²) in [6, 6.07) is 4.84. The van der Waals surface area contributed by atoms with Crippen LogP contribution in [0.2, 0.25) is 5.02 Å². The first-order valence-electron chi connectivity index (χ1n) is 15.2. The third-order valence-corrected chi connectivity index (χ3v) is 9.40. The van der Waals surface area contributed by atoms with Crippen molar-refractivity contribution in [3.05, 3.63) is 81.5 Å². The van der Waals surface area contributed by atoms with Crippen molar-refractivity contribution in [2.75, 3.05) is 36.5 Å². The van der Waals surface area contributed by atoms with Gasteiger partial charge in [-0.2, -0.15) is 4.98 Å². The standard InChI is InChI=1S/C34H35ClF2N6O3/c1-7-23(45)41-15-19(5)42-20(16-41)12-14-40(6)31-26-32(28(37)25(27(31)35)24-21(36)9-8-10-22(24)44)43(34(46)39-33(26)42)30-18(4)11-13-38-29(30)17(2)3/h7-11,13,17,19-20,44H,1,12,14-16H2,2-6H3. The maximum Gasteiger partial charge on any atom is 0.354 e. The van der Waals surface area contributed by atoms with E-state index in [0.717, 1.165) is 6.07 Å². The first-order chi connectivity index (χ1) is 21.9. The highest BCUT2D eigenvalue weighted by molar-refractivity contribution is 6.38. The molecule has 1 N–H and O–H groups in total. The molecule has 0 spiro atoms. The molecule has 2 aliphatic rings. The summed E-state index contributed by atoms with van der Waals surface area (Å²) in [6.07, 6.45) is 3.45. The fourth-order valence-electron chi connectivity index (χ4n) is 6.96. The highest BCUT2D eigenvalue weighted by Crippen LogP contribution is 2.50. The van der Waals surface area contributed by atoms with Crippen molar-refractivity contribution in [3.63, 3.8) is 0 Å². The zero-order valence-corrected chi connectivity index (χ0v) is 27.1. The molecule has 4 heterocycles. The Morgan fingerprint density at radius 3 is 2.59 bits per heavy atom. The number of aromatic nitrogens is 3. The van der Waals surface area contributed by atoms with Gasteiger partial charge in [0.05, 0.1) is 39.1 Å². The van der Waals surface area contributed by atoms with E-state index in [1.165, 1.54) is 22.8 Å². The van der Waals surface area contributed by atoms with Gasteiger partial charge in [0.25, 0.3) is 0 Å². The van der Waals surface area contributed by atoms with Crippen molar-refractivity contribution in [2.45, 2.75) is 52.1 Å². The van der Waals surface area contributed by atoms with Crippen molar-refractivity contribution in [1.82, 2.24) is 19.4 Å². The minimum atomic E-state index is -0.985. The molecule has 2 unspecified atom stereocenters. The van der Waals surface area contributed by atoms with E-state index < -0.39 is 28.6 Å². The first kappa shape index (κ1) is 31.5. The summed E-state index contributed by atoms with van der Waals surface area (Å²) in [6.45, 7) is 12.3. The van der Waals surface area contributed by atoms with Crippen molar-refractivity contribution < 1.29 is 18.7 Å². The Labute approximate surface area is 270 Å². The topological polar surface area (TPSA) is 94.8 Å². The number of phenols is 1.